The molecule has 0 aliphatic carbocycles. The molecule has 0 spiro atoms. The Kier molecular flexibility index (Phi) is 6.50. The molecule has 0 saturated carbocycles. The van der Waals surface area contributed by atoms with Gasteiger partial charge in [0.1, 0.15) is 10.3 Å². The van der Waals surface area contributed by atoms with Gasteiger partial charge >= 0.3 is 0 Å². The molecular formula is C21H26Cl2N2. The minimum absolute atomic E-state index is 0.692. The number of rotatable bonds is 8. The van der Waals surface area contributed by atoms with E-state index in [0.29, 0.717) is 10.3 Å². The molecule has 2 aromatic carbocycles. The van der Waals surface area contributed by atoms with Gasteiger partial charge in [-0.15, -0.1) is 0 Å². The summed E-state index contributed by atoms with van der Waals surface area (Å²) in [6, 6.07) is 15.0. The van der Waals surface area contributed by atoms with E-state index in [0.717, 1.165) is 26.2 Å². The zero-order chi connectivity index (χ0) is 17.6. The lowest BCUT2D eigenvalue weighted by Crippen LogP contribution is -2.29. The lowest BCUT2D eigenvalue weighted by molar-refractivity contribution is 0.256. The minimum atomic E-state index is 0.692. The second-order valence-corrected chi connectivity index (χ2v) is 7.41. The normalized spacial score (nSPS) is 14.8. The van der Waals surface area contributed by atoms with Gasteiger partial charge in [0.15, 0.2) is 0 Å². The largest absolute Gasteiger partial charge is 0.342 e. The number of fused-ring (bicyclic) bond motifs is 1. The third-order valence-electron chi connectivity index (χ3n) is 4.88. The highest BCUT2D eigenvalue weighted by Gasteiger charge is 2.26. The quantitative estimate of drug-likeness (QED) is 0.403. The Labute approximate surface area is 161 Å². The van der Waals surface area contributed by atoms with Crippen LogP contribution in [0.2, 0.25) is 0 Å². The summed E-state index contributed by atoms with van der Waals surface area (Å²) < 4.78 is 0. The zero-order valence-electron chi connectivity index (χ0n) is 14.8. The van der Waals surface area contributed by atoms with Gasteiger partial charge in [-0.25, -0.2) is 0 Å². The molecule has 4 heteroatoms. The Morgan fingerprint density at radius 1 is 0.840 bits per heavy atom. The molecule has 0 aromatic heterocycles. The van der Waals surface area contributed by atoms with Crippen molar-refractivity contribution in [2.75, 3.05) is 19.8 Å². The summed E-state index contributed by atoms with van der Waals surface area (Å²) in [5.41, 5.74) is 1.36. The van der Waals surface area contributed by atoms with Gasteiger partial charge in [0.25, 0.3) is 0 Å². The van der Waals surface area contributed by atoms with E-state index in [9.17, 15) is 0 Å². The fourth-order valence-electron chi connectivity index (χ4n) is 3.42. The van der Waals surface area contributed by atoms with Gasteiger partial charge in [0, 0.05) is 13.1 Å². The standard InChI is InChI=1S/C21H26Cl2N2/c1-2-3-4-7-14-24-16-25(21(23)20(24)22)15-13-18-11-8-10-17-9-5-6-12-19(17)18/h5-6,8-12H,2-4,7,13-16H2,1H3. The van der Waals surface area contributed by atoms with Gasteiger partial charge < -0.3 is 9.80 Å². The monoisotopic (exact) mass is 376 g/mol. The van der Waals surface area contributed by atoms with E-state index in [1.807, 2.05) is 0 Å². The first-order valence-electron chi connectivity index (χ1n) is 9.22. The van der Waals surface area contributed by atoms with Crippen LogP contribution in [0.15, 0.2) is 52.8 Å². The second-order valence-electron chi connectivity index (χ2n) is 6.70. The summed E-state index contributed by atoms with van der Waals surface area (Å²) in [5, 5.41) is 4.01. The highest BCUT2D eigenvalue weighted by Crippen LogP contribution is 2.30. The first-order valence-corrected chi connectivity index (χ1v) is 9.98. The van der Waals surface area contributed by atoms with Crippen LogP contribution in [-0.2, 0) is 6.42 Å². The number of nitrogens with zero attached hydrogens (tertiary/aromatic N) is 2. The van der Waals surface area contributed by atoms with Gasteiger partial charge in [-0.1, -0.05) is 91.9 Å². The summed E-state index contributed by atoms with van der Waals surface area (Å²) >= 11 is 12.9. The Morgan fingerprint density at radius 2 is 1.56 bits per heavy atom. The van der Waals surface area contributed by atoms with Crippen LogP contribution < -0.4 is 0 Å². The van der Waals surface area contributed by atoms with Crippen LogP contribution >= 0.6 is 23.2 Å². The number of hydrogen-bond donors (Lipinski definition) is 0. The van der Waals surface area contributed by atoms with Crippen molar-refractivity contribution in [3.63, 3.8) is 0 Å². The molecule has 134 valence electrons. The van der Waals surface area contributed by atoms with E-state index >= 15 is 0 Å². The molecule has 1 aliphatic heterocycles. The number of halogens is 2. The average molecular weight is 377 g/mol. The summed E-state index contributed by atoms with van der Waals surface area (Å²) in [4.78, 5) is 4.38. The van der Waals surface area contributed by atoms with Crippen molar-refractivity contribution in [1.29, 1.82) is 0 Å². The van der Waals surface area contributed by atoms with Gasteiger partial charge in [0.05, 0.1) is 6.67 Å². The third kappa shape index (κ3) is 4.43. The molecule has 0 N–H and O–H groups in total. The van der Waals surface area contributed by atoms with Crippen LogP contribution in [-0.4, -0.2) is 29.6 Å². The minimum Gasteiger partial charge on any atom is -0.342 e. The molecule has 0 radical (unpaired) electrons. The van der Waals surface area contributed by atoms with Crippen LogP contribution in [0.4, 0.5) is 0 Å². The maximum absolute atomic E-state index is 6.48. The van der Waals surface area contributed by atoms with Crippen LogP contribution in [0.3, 0.4) is 0 Å². The van der Waals surface area contributed by atoms with Gasteiger partial charge in [-0.2, -0.15) is 0 Å². The Hall–Kier alpha value is -1.38. The first kappa shape index (κ1) is 18.4. The van der Waals surface area contributed by atoms with E-state index in [1.165, 1.54) is 42.0 Å². The molecule has 0 atom stereocenters. The van der Waals surface area contributed by atoms with Crippen LogP contribution in [0.1, 0.15) is 38.2 Å². The van der Waals surface area contributed by atoms with Crippen molar-refractivity contribution >= 4 is 34.0 Å². The van der Waals surface area contributed by atoms with Gasteiger partial charge in [-0.3, -0.25) is 0 Å². The van der Waals surface area contributed by atoms with E-state index < -0.39 is 0 Å². The van der Waals surface area contributed by atoms with Gasteiger partial charge in [-0.05, 0) is 29.2 Å². The molecule has 1 aliphatic rings. The van der Waals surface area contributed by atoms with Gasteiger partial charge in [0.2, 0.25) is 0 Å². The Morgan fingerprint density at radius 3 is 2.36 bits per heavy atom. The lowest BCUT2D eigenvalue weighted by atomic mass is 10.0. The smallest absolute Gasteiger partial charge is 0.141 e. The molecule has 2 aromatic rings. The lowest BCUT2D eigenvalue weighted by Gasteiger charge is -2.22. The maximum Gasteiger partial charge on any atom is 0.141 e. The summed E-state index contributed by atoms with van der Waals surface area (Å²) in [7, 11) is 0. The summed E-state index contributed by atoms with van der Waals surface area (Å²) in [6.07, 6.45) is 5.93. The molecule has 2 nitrogen and oxygen atoms in total. The molecule has 0 saturated heterocycles. The van der Waals surface area contributed by atoms with E-state index in [1.54, 1.807) is 0 Å². The fraction of sp³-hybridized carbons (Fsp3) is 0.429. The predicted octanol–water partition coefficient (Wildman–Crippen LogP) is 6.14. The average Bonchev–Trinajstić information content (AvgIpc) is 2.91. The second kappa shape index (κ2) is 8.82. The van der Waals surface area contributed by atoms with E-state index in [4.69, 9.17) is 23.2 Å². The van der Waals surface area contributed by atoms with Crippen molar-refractivity contribution in [2.45, 2.75) is 39.0 Å². The molecule has 0 fully saturated rings. The predicted molar refractivity (Wildman–Crippen MR) is 109 cm³/mol. The number of unbranched alkanes of at least 4 members (excludes halogenated alkanes) is 3. The topological polar surface area (TPSA) is 6.48 Å². The van der Waals surface area contributed by atoms with Crippen molar-refractivity contribution in [2.24, 2.45) is 0 Å². The first-order chi connectivity index (χ1) is 12.2. The van der Waals surface area contributed by atoms with Crippen molar-refractivity contribution < 1.29 is 0 Å². The molecule has 0 unspecified atom stereocenters. The molecular weight excluding hydrogens is 351 g/mol. The fourth-order valence-corrected chi connectivity index (χ4v) is 3.94. The third-order valence-corrected chi connectivity index (χ3v) is 5.81. The highest BCUT2D eigenvalue weighted by atomic mass is 35.5. The SMILES string of the molecule is CCCCCCN1CN(CCc2cccc3ccccc23)C(Cl)=C1Cl. The highest BCUT2D eigenvalue weighted by molar-refractivity contribution is 6.38. The number of hydrogen-bond acceptors (Lipinski definition) is 2. The molecule has 3 rings (SSSR count). The summed E-state index contributed by atoms with van der Waals surface area (Å²) in [5.74, 6) is 0. The van der Waals surface area contributed by atoms with Crippen LogP contribution in [0.5, 0.6) is 0 Å². The van der Waals surface area contributed by atoms with Crippen LogP contribution in [0.25, 0.3) is 10.8 Å². The van der Waals surface area contributed by atoms with Crippen molar-refractivity contribution in [3.8, 4) is 0 Å². The zero-order valence-corrected chi connectivity index (χ0v) is 16.4. The number of benzene rings is 2. The molecule has 0 amide bonds. The Bertz CT molecular complexity index is 736. The van der Waals surface area contributed by atoms with E-state index in [-0.39, 0.29) is 0 Å². The molecule has 0 bridgehead atoms. The molecule has 25 heavy (non-hydrogen) atoms. The van der Waals surface area contributed by atoms with E-state index in [2.05, 4.69) is 59.2 Å². The van der Waals surface area contributed by atoms with Crippen molar-refractivity contribution in [1.82, 2.24) is 9.80 Å². The summed E-state index contributed by atoms with van der Waals surface area (Å²) in [6.45, 7) is 4.90. The maximum atomic E-state index is 6.48. The van der Waals surface area contributed by atoms with Crippen molar-refractivity contribution in [3.05, 3.63) is 58.3 Å². The van der Waals surface area contributed by atoms with Crippen LogP contribution in [0, 0.1) is 0 Å². The molecule has 1 heterocycles. The Balaban J connectivity index is 1.60.